The van der Waals surface area contributed by atoms with Gasteiger partial charge in [0.25, 0.3) is 0 Å². The Hall–Kier alpha value is -5.88. The largest absolute Gasteiger partial charge is 0.508 e. The van der Waals surface area contributed by atoms with Crippen LogP contribution in [-0.2, 0) is 0 Å². The molecule has 0 aromatic heterocycles. The molecule has 0 aliphatic rings. The van der Waals surface area contributed by atoms with E-state index in [0.29, 0.717) is 13.2 Å². The highest BCUT2D eigenvalue weighted by atomic mass is 16.5. The first kappa shape index (κ1) is 48.5. The second kappa shape index (κ2) is 27.7. The lowest BCUT2D eigenvalue weighted by Crippen LogP contribution is -2.19. The van der Waals surface area contributed by atoms with Crippen LogP contribution in [0.25, 0.3) is 16.7 Å². The second-order valence-corrected chi connectivity index (χ2v) is 14.5. The molecule has 0 saturated heterocycles. The number of allylic oxidation sites excluding steroid dienone is 2. The minimum Gasteiger partial charge on any atom is -0.508 e. The maximum atomic E-state index is 9.74. The molecule has 0 atom stereocenters. The fourth-order valence-electron chi connectivity index (χ4n) is 6.21. The molecule has 0 bridgehead atoms. The van der Waals surface area contributed by atoms with Crippen molar-refractivity contribution in [3.05, 3.63) is 203 Å². The Labute approximate surface area is 362 Å². The molecule has 1 N–H and O–H groups in total. The molecular weight excluding hydrogens is 737 g/mol. The molecular formula is C55H68N2O3. The number of ether oxygens (including phenoxy) is 2. The summed E-state index contributed by atoms with van der Waals surface area (Å²) in [4.78, 5) is 4.22. The fourth-order valence-corrected chi connectivity index (χ4v) is 6.21. The third kappa shape index (κ3) is 17.1. The van der Waals surface area contributed by atoms with Gasteiger partial charge in [0.2, 0.25) is 0 Å². The molecule has 60 heavy (non-hydrogen) atoms. The molecule has 0 saturated carbocycles. The minimum atomic E-state index is 0.274. The zero-order chi connectivity index (χ0) is 43.5. The summed E-state index contributed by atoms with van der Waals surface area (Å²) in [6.07, 6.45) is 4.20. The van der Waals surface area contributed by atoms with E-state index in [0.717, 1.165) is 48.6 Å². The molecule has 0 amide bonds. The highest BCUT2D eigenvalue weighted by Crippen LogP contribution is 2.35. The summed E-state index contributed by atoms with van der Waals surface area (Å²) in [7, 11) is 8.18. The molecule has 0 aliphatic carbocycles. The van der Waals surface area contributed by atoms with E-state index in [9.17, 15) is 5.11 Å². The summed E-state index contributed by atoms with van der Waals surface area (Å²) in [5, 5.41) is 9.74. The van der Waals surface area contributed by atoms with Crippen LogP contribution in [0.15, 0.2) is 170 Å². The summed E-state index contributed by atoms with van der Waals surface area (Å²) in [5.74, 6) is 2.07. The van der Waals surface area contributed by atoms with Crippen LogP contribution in [0.3, 0.4) is 0 Å². The van der Waals surface area contributed by atoms with Crippen molar-refractivity contribution in [2.75, 3.05) is 54.5 Å². The summed E-state index contributed by atoms with van der Waals surface area (Å²) < 4.78 is 11.6. The highest BCUT2D eigenvalue weighted by molar-refractivity contribution is 5.98. The average molecular weight is 805 g/mol. The predicted octanol–water partition coefficient (Wildman–Crippen LogP) is 13.2. The highest BCUT2D eigenvalue weighted by Gasteiger charge is 2.13. The lowest BCUT2D eigenvalue weighted by atomic mass is 9.88. The third-order valence-corrected chi connectivity index (χ3v) is 9.29. The van der Waals surface area contributed by atoms with Gasteiger partial charge < -0.3 is 24.4 Å². The van der Waals surface area contributed by atoms with Gasteiger partial charge in [-0.05, 0) is 129 Å². The quantitative estimate of drug-likeness (QED) is 0.105. The van der Waals surface area contributed by atoms with Crippen molar-refractivity contribution in [2.24, 2.45) is 0 Å². The van der Waals surface area contributed by atoms with E-state index in [2.05, 4.69) is 140 Å². The summed E-state index contributed by atoms with van der Waals surface area (Å²) >= 11 is 0. The van der Waals surface area contributed by atoms with E-state index in [1.807, 2.05) is 90.6 Å². The topological polar surface area (TPSA) is 45.2 Å². The molecule has 6 rings (SSSR count). The number of nitrogens with zero attached hydrogens (tertiary/aromatic N) is 2. The number of aromatic hydroxyl groups is 1. The SMILES string of the molecule is CC.CC/C(=C(\c1ccc(O)cc1)c1ccc(OCCN(C)C)cc1)c1ccccc1.CC/C=C(\c1ccccc1)c1ccc(OCCN(C)C)cc1.Cc1ccccc1. The zero-order valence-electron chi connectivity index (χ0n) is 37.6. The molecule has 5 nitrogen and oxygen atoms in total. The Balaban J connectivity index is 0.000000272. The summed E-state index contributed by atoms with van der Waals surface area (Å²) in [6, 6.07) is 55.4. The van der Waals surface area contributed by atoms with E-state index in [-0.39, 0.29) is 5.75 Å². The van der Waals surface area contributed by atoms with E-state index in [1.54, 1.807) is 12.1 Å². The van der Waals surface area contributed by atoms with Gasteiger partial charge in [-0.2, -0.15) is 0 Å². The number of phenols is 1. The minimum absolute atomic E-state index is 0.274. The lowest BCUT2D eigenvalue weighted by Gasteiger charge is -2.17. The maximum absolute atomic E-state index is 9.74. The van der Waals surface area contributed by atoms with Crippen LogP contribution in [0.1, 0.15) is 73.9 Å². The van der Waals surface area contributed by atoms with Crippen molar-refractivity contribution in [2.45, 2.75) is 47.5 Å². The van der Waals surface area contributed by atoms with Crippen molar-refractivity contribution in [3.8, 4) is 17.2 Å². The van der Waals surface area contributed by atoms with Gasteiger partial charge >= 0.3 is 0 Å². The number of rotatable bonds is 15. The normalized spacial score (nSPS) is 11.2. The average Bonchev–Trinajstić information content (AvgIpc) is 3.27. The summed E-state index contributed by atoms with van der Waals surface area (Å²) in [5.41, 5.74) is 11.0. The standard InChI is InChI=1S/C26H29NO2.C20H25NO.C7H8.C2H6/c1-4-25(20-8-6-5-7-9-20)26(21-10-14-23(28)15-11-21)22-12-16-24(17-13-22)29-19-18-27(2)3;1-4-8-20(17-9-6-5-7-10-17)18-11-13-19(14-12-18)22-16-15-21(2)3;1-7-5-3-2-4-6-7;1-2/h5-17,28H,4,18-19H2,1-3H3;5-14H,4,15-16H2,1-3H3;2-6H,1H3;1-2H3/b26-25-;20-8+;;. The molecule has 0 radical (unpaired) electrons. The van der Waals surface area contributed by atoms with Crippen molar-refractivity contribution in [1.29, 1.82) is 0 Å². The molecule has 0 fully saturated rings. The first-order valence-corrected chi connectivity index (χ1v) is 21.3. The molecule has 0 heterocycles. The van der Waals surface area contributed by atoms with Gasteiger partial charge in [-0.1, -0.05) is 167 Å². The van der Waals surface area contributed by atoms with E-state index in [1.165, 1.54) is 39.0 Å². The van der Waals surface area contributed by atoms with Gasteiger partial charge in [-0.15, -0.1) is 0 Å². The number of phenolic OH excluding ortho intramolecular Hbond substituents is 1. The van der Waals surface area contributed by atoms with Gasteiger partial charge in [0.05, 0.1) is 0 Å². The number of likely N-dealkylation sites (N-methyl/N-ethyl adjacent to an activating group) is 2. The van der Waals surface area contributed by atoms with Crippen LogP contribution >= 0.6 is 0 Å². The van der Waals surface area contributed by atoms with Crippen LogP contribution < -0.4 is 9.47 Å². The third-order valence-electron chi connectivity index (χ3n) is 9.29. The molecule has 316 valence electrons. The molecule has 5 heteroatoms. The van der Waals surface area contributed by atoms with Crippen molar-refractivity contribution < 1.29 is 14.6 Å². The smallest absolute Gasteiger partial charge is 0.119 e. The molecule has 0 unspecified atom stereocenters. The van der Waals surface area contributed by atoms with Crippen molar-refractivity contribution in [1.82, 2.24) is 9.80 Å². The van der Waals surface area contributed by atoms with Gasteiger partial charge in [-0.3, -0.25) is 0 Å². The van der Waals surface area contributed by atoms with Crippen LogP contribution in [0.2, 0.25) is 0 Å². The van der Waals surface area contributed by atoms with Gasteiger partial charge in [0.1, 0.15) is 30.5 Å². The number of hydrogen-bond acceptors (Lipinski definition) is 5. The maximum Gasteiger partial charge on any atom is 0.119 e. The van der Waals surface area contributed by atoms with Crippen LogP contribution in [0, 0.1) is 6.92 Å². The number of aryl methyl sites for hydroxylation is 1. The van der Waals surface area contributed by atoms with E-state index < -0.39 is 0 Å². The zero-order valence-corrected chi connectivity index (χ0v) is 37.6. The Morgan fingerprint density at radius 1 is 0.500 bits per heavy atom. The fraction of sp³-hybridized carbons (Fsp3) is 0.273. The Bertz CT molecular complexity index is 2070. The monoisotopic (exact) mass is 805 g/mol. The van der Waals surface area contributed by atoms with Crippen LogP contribution in [0.5, 0.6) is 17.2 Å². The first-order chi connectivity index (χ1) is 29.2. The predicted molar refractivity (Wildman–Crippen MR) is 258 cm³/mol. The Morgan fingerprint density at radius 2 is 0.883 bits per heavy atom. The molecule has 6 aromatic rings. The summed E-state index contributed by atoms with van der Waals surface area (Å²) in [6.45, 7) is 13.6. The Morgan fingerprint density at radius 3 is 1.27 bits per heavy atom. The van der Waals surface area contributed by atoms with Crippen LogP contribution in [-0.4, -0.2) is 69.4 Å². The Kier molecular flexibility index (Phi) is 22.4. The van der Waals surface area contributed by atoms with Crippen molar-refractivity contribution in [3.63, 3.8) is 0 Å². The van der Waals surface area contributed by atoms with Gasteiger partial charge in [0, 0.05) is 13.1 Å². The van der Waals surface area contributed by atoms with Gasteiger partial charge in [0.15, 0.2) is 0 Å². The number of benzene rings is 6. The lowest BCUT2D eigenvalue weighted by molar-refractivity contribution is 0.261. The first-order valence-electron chi connectivity index (χ1n) is 21.3. The second-order valence-electron chi connectivity index (χ2n) is 14.5. The molecule has 0 spiro atoms. The van der Waals surface area contributed by atoms with E-state index >= 15 is 0 Å². The van der Waals surface area contributed by atoms with Crippen LogP contribution in [0.4, 0.5) is 0 Å². The molecule has 0 aliphatic heterocycles. The van der Waals surface area contributed by atoms with E-state index in [4.69, 9.17) is 9.47 Å². The molecule has 6 aromatic carbocycles. The van der Waals surface area contributed by atoms with Gasteiger partial charge in [-0.25, -0.2) is 0 Å². The number of hydrogen-bond donors (Lipinski definition) is 1. The van der Waals surface area contributed by atoms with Crippen molar-refractivity contribution >= 4 is 16.7 Å².